The molecule has 1 saturated heterocycles. The fourth-order valence-electron chi connectivity index (χ4n) is 3.31. The van der Waals surface area contributed by atoms with E-state index in [2.05, 4.69) is 4.98 Å². The molecule has 1 aliphatic heterocycles. The van der Waals surface area contributed by atoms with Crippen molar-refractivity contribution < 1.29 is 19.4 Å². The van der Waals surface area contributed by atoms with Gasteiger partial charge in [0.15, 0.2) is 0 Å². The van der Waals surface area contributed by atoms with E-state index >= 15 is 0 Å². The summed E-state index contributed by atoms with van der Waals surface area (Å²) in [6.07, 6.45) is 3.19. The third-order valence-electron chi connectivity index (χ3n) is 4.74. The number of nitrogens with zero attached hydrogens (tertiary/aromatic N) is 3. The summed E-state index contributed by atoms with van der Waals surface area (Å²) in [4.78, 5) is 33.2. The molecular formula is C21H22ClN3O4. The zero-order chi connectivity index (χ0) is 21.1. The first-order chi connectivity index (χ1) is 13.8. The maximum absolute atomic E-state index is 12.9. The average Bonchev–Trinajstić information content (AvgIpc) is 2.97. The monoisotopic (exact) mass is 415 g/mol. The Morgan fingerprint density at radius 2 is 2.07 bits per heavy atom. The van der Waals surface area contributed by atoms with Crippen LogP contribution in [0.5, 0.6) is 5.75 Å². The number of likely N-dealkylation sites (tertiary alicyclic amines) is 1. The summed E-state index contributed by atoms with van der Waals surface area (Å²) in [6, 6.07) is 7.45. The highest BCUT2D eigenvalue weighted by Crippen LogP contribution is 2.41. The Bertz CT molecular complexity index is 960. The van der Waals surface area contributed by atoms with Crippen LogP contribution < -0.4 is 4.74 Å². The van der Waals surface area contributed by atoms with Gasteiger partial charge in [0.05, 0.1) is 24.3 Å². The van der Waals surface area contributed by atoms with E-state index in [-0.39, 0.29) is 16.9 Å². The summed E-state index contributed by atoms with van der Waals surface area (Å²) in [6.45, 7) is 0.880. The molecule has 0 radical (unpaired) electrons. The summed E-state index contributed by atoms with van der Waals surface area (Å²) >= 11 is 6.09. The number of aliphatic hydroxyl groups is 1. The number of amides is 1. The Kier molecular flexibility index (Phi) is 6.20. The van der Waals surface area contributed by atoms with Crippen LogP contribution in [0.25, 0.3) is 5.76 Å². The molecule has 1 atom stereocenters. The molecule has 0 aliphatic carbocycles. The Balaban J connectivity index is 2.19. The number of ketones is 1. The maximum atomic E-state index is 12.9. The number of hydrogen-bond acceptors (Lipinski definition) is 6. The van der Waals surface area contributed by atoms with Crippen molar-refractivity contribution in [3.63, 3.8) is 0 Å². The Labute approximate surface area is 174 Å². The van der Waals surface area contributed by atoms with Crippen LogP contribution in [0.3, 0.4) is 0 Å². The molecule has 1 amide bonds. The molecule has 1 fully saturated rings. The number of Topliss-reactive ketones (excluding diaryl/α,β-unsaturated/α-hetero) is 1. The van der Waals surface area contributed by atoms with E-state index in [1.807, 2.05) is 19.0 Å². The standard InChI is InChI=1S/C21H22ClN3O4/c1-24(2)9-10-25-18(13-5-4-8-23-12-13)17(20(27)21(25)28)19(26)15-11-14(22)6-7-16(15)29-3/h4-8,11-12,18,26H,9-10H2,1-3H3/t18-/m1/s1. The smallest absolute Gasteiger partial charge is 0.295 e. The summed E-state index contributed by atoms with van der Waals surface area (Å²) in [5.74, 6) is -1.40. The zero-order valence-corrected chi connectivity index (χ0v) is 17.2. The lowest BCUT2D eigenvalue weighted by atomic mass is 9.96. The number of likely N-dealkylation sites (N-methyl/N-ethyl adjacent to an activating group) is 1. The third-order valence-corrected chi connectivity index (χ3v) is 4.98. The summed E-state index contributed by atoms with van der Waals surface area (Å²) in [5, 5.41) is 11.4. The van der Waals surface area contributed by atoms with Crippen LogP contribution in [0, 0.1) is 0 Å². The Morgan fingerprint density at radius 1 is 1.31 bits per heavy atom. The second-order valence-electron chi connectivity index (χ2n) is 6.93. The molecule has 0 unspecified atom stereocenters. The minimum Gasteiger partial charge on any atom is -0.507 e. The van der Waals surface area contributed by atoms with Crippen molar-refractivity contribution in [1.82, 2.24) is 14.8 Å². The van der Waals surface area contributed by atoms with Crippen LogP contribution in [-0.4, -0.2) is 65.9 Å². The van der Waals surface area contributed by atoms with Crippen LogP contribution in [0.1, 0.15) is 17.2 Å². The van der Waals surface area contributed by atoms with Crippen molar-refractivity contribution in [2.45, 2.75) is 6.04 Å². The molecule has 1 aromatic carbocycles. The quantitative estimate of drug-likeness (QED) is 0.443. The van der Waals surface area contributed by atoms with Crippen LogP contribution in [0.15, 0.2) is 48.3 Å². The van der Waals surface area contributed by atoms with Gasteiger partial charge in [-0.15, -0.1) is 0 Å². The van der Waals surface area contributed by atoms with Crippen LogP contribution in [0.2, 0.25) is 5.02 Å². The number of aliphatic hydroxyl groups excluding tert-OH is 1. The molecule has 2 aromatic rings. The van der Waals surface area contributed by atoms with Gasteiger partial charge in [-0.2, -0.15) is 0 Å². The number of rotatable bonds is 6. The van der Waals surface area contributed by atoms with Gasteiger partial charge in [-0.25, -0.2) is 0 Å². The lowest BCUT2D eigenvalue weighted by Gasteiger charge is -2.26. The number of carbonyl (C=O) groups is 2. The van der Waals surface area contributed by atoms with Gasteiger partial charge in [-0.3, -0.25) is 14.6 Å². The average molecular weight is 416 g/mol. The number of hydrogen-bond donors (Lipinski definition) is 1. The molecule has 1 aromatic heterocycles. The van der Waals surface area contributed by atoms with Gasteiger partial charge in [0, 0.05) is 30.5 Å². The van der Waals surface area contributed by atoms with Crippen molar-refractivity contribution in [2.75, 3.05) is 34.3 Å². The maximum Gasteiger partial charge on any atom is 0.295 e. The minimum atomic E-state index is -0.757. The summed E-state index contributed by atoms with van der Waals surface area (Å²) in [7, 11) is 5.22. The first kappa shape index (κ1) is 20.8. The zero-order valence-electron chi connectivity index (χ0n) is 16.4. The van der Waals surface area contributed by atoms with Crippen LogP contribution >= 0.6 is 11.6 Å². The van der Waals surface area contributed by atoms with Gasteiger partial charge < -0.3 is 19.6 Å². The van der Waals surface area contributed by atoms with Crippen LogP contribution in [0.4, 0.5) is 0 Å². The van der Waals surface area contributed by atoms with E-state index < -0.39 is 17.7 Å². The highest BCUT2D eigenvalue weighted by molar-refractivity contribution is 6.46. The molecule has 7 nitrogen and oxygen atoms in total. The number of methoxy groups -OCH3 is 1. The first-order valence-electron chi connectivity index (χ1n) is 9.02. The van der Waals surface area contributed by atoms with E-state index in [1.165, 1.54) is 18.1 Å². The predicted octanol–water partition coefficient (Wildman–Crippen LogP) is 2.73. The van der Waals surface area contributed by atoms with Crippen molar-refractivity contribution in [1.29, 1.82) is 0 Å². The van der Waals surface area contributed by atoms with E-state index in [4.69, 9.17) is 16.3 Å². The molecule has 3 rings (SSSR count). The fourth-order valence-corrected chi connectivity index (χ4v) is 3.49. The molecule has 0 bridgehead atoms. The SMILES string of the molecule is COc1ccc(Cl)cc1C(O)=C1C(=O)C(=O)N(CCN(C)C)[C@@H]1c1cccnc1. The van der Waals surface area contributed by atoms with Gasteiger partial charge in [0.2, 0.25) is 0 Å². The molecule has 1 N–H and O–H groups in total. The molecule has 8 heteroatoms. The number of halogens is 1. The van der Waals surface area contributed by atoms with E-state index in [9.17, 15) is 14.7 Å². The number of pyridine rings is 1. The van der Waals surface area contributed by atoms with Gasteiger partial charge in [0.25, 0.3) is 11.7 Å². The van der Waals surface area contributed by atoms with Gasteiger partial charge in [-0.05, 0) is 43.9 Å². The summed E-state index contributed by atoms with van der Waals surface area (Å²) < 4.78 is 5.31. The molecule has 152 valence electrons. The van der Waals surface area contributed by atoms with Crippen molar-refractivity contribution in [3.8, 4) is 5.75 Å². The number of carbonyl (C=O) groups excluding carboxylic acids is 2. The summed E-state index contributed by atoms with van der Waals surface area (Å²) in [5.41, 5.74) is 0.870. The van der Waals surface area contributed by atoms with Crippen molar-refractivity contribution >= 4 is 29.1 Å². The fraction of sp³-hybridized carbons (Fsp3) is 0.286. The topological polar surface area (TPSA) is 83.0 Å². The van der Waals surface area contributed by atoms with E-state index in [1.54, 1.807) is 36.7 Å². The lowest BCUT2D eigenvalue weighted by Crippen LogP contribution is -2.35. The first-order valence-corrected chi connectivity index (χ1v) is 9.40. The number of benzene rings is 1. The van der Waals surface area contributed by atoms with Gasteiger partial charge in [0.1, 0.15) is 11.5 Å². The minimum absolute atomic E-state index is 0.0117. The molecule has 0 spiro atoms. The number of ether oxygens (including phenoxy) is 1. The highest BCUT2D eigenvalue weighted by atomic mass is 35.5. The van der Waals surface area contributed by atoms with E-state index in [0.29, 0.717) is 29.4 Å². The second-order valence-corrected chi connectivity index (χ2v) is 7.36. The van der Waals surface area contributed by atoms with Crippen molar-refractivity contribution in [3.05, 3.63) is 64.4 Å². The van der Waals surface area contributed by atoms with E-state index in [0.717, 1.165) is 0 Å². The molecule has 29 heavy (non-hydrogen) atoms. The van der Waals surface area contributed by atoms with Gasteiger partial charge in [-0.1, -0.05) is 17.7 Å². The molecule has 1 aliphatic rings. The van der Waals surface area contributed by atoms with Crippen LogP contribution in [-0.2, 0) is 9.59 Å². The number of aromatic nitrogens is 1. The largest absolute Gasteiger partial charge is 0.507 e. The normalized spacial score (nSPS) is 18.5. The molecule has 0 saturated carbocycles. The van der Waals surface area contributed by atoms with Gasteiger partial charge >= 0.3 is 0 Å². The van der Waals surface area contributed by atoms with Crippen molar-refractivity contribution in [2.24, 2.45) is 0 Å². The lowest BCUT2D eigenvalue weighted by molar-refractivity contribution is -0.140. The Morgan fingerprint density at radius 3 is 2.69 bits per heavy atom. The predicted molar refractivity (Wildman–Crippen MR) is 110 cm³/mol. The highest BCUT2D eigenvalue weighted by Gasteiger charge is 2.46. The molecule has 2 heterocycles. The second kappa shape index (κ2) is 8.63. The molecular weight excluding hydrogens is 394 g/mol. The third kappa shape index (κ3) is 4.11. The Hall–Kier alpha value is -2.90.